The Labute approximate surface area is 151 Å². The van der Waals surface area contributed by atoms with E-state index in [1.165, 1.54) is 18.7 Å². The zero-order chi connectivity index (χ0) is 18.0. The van der Waals surface area contributed by atoms with Gasteiger partial charge in [0.05, 0.1) is 11.3 Å². The van der Waals surface area contributed by atoms with E-state index in [0.29, 0.717) is 22.1 Å². The molecule has 1 saturated carbocycles. The van der Waals surface area contributed by atoms with Crippen LogP contribution in [-0.4, -0.2) is 27.7 Å². The maximum atomic E-state index is 12.8. The first-order chi connectivity index (χ1) is 12.0. The second-order valence-electron chi connectivity index (χ2n) is 6.28. The zero-order valence-electron chi connectivity index (χ0n) is 14.6. The van der Waals surface area contributed by atoms with Crippen LogP contribution < -0.4 is 5.32 Å². The number of nitrogens with zero attached hydrogens (tertiary/aromatic N) is 2. The van der Waals surface area contributed by atoms with Gasteiger partial charge in [0.1, 0.15) is 16.1 Å². The summed E-state index contributed by atoms with van der Waals surface area (Å²) in [5, 5.41) is 3.18. The third-order valence-electron chi connectivity index (χ3n) is 4.01. The average Bonchev–Trinajstić information content (AvgIpc) is 3.36. The van der Waals surface area contributed by atoms with E-state index in [1.54, 1.807) is 13.8 Å². The largest absolute Gasteiger partial charge is 0.352 e. The van der Waals surface area contributed by atoms with E-state index in [-0.39, 0.29) is 17.7 Å². The Kier molecular flexibility index (Phi) is 5.18. The number of ketones is 1. The van der Waals surface area contributed by atoms with Gasteiger partial charge in [0.15, 0.2) is 5.78 Å². The molecule has 0 aliphatic heterocycles. The van der Waals surface area contributed by atoms with Gasteiger partial charge in [-0.2, -0.15) is 0 Å². The van der Waals surface area contributed by atoms with Gasteiger partial charge in [0.2, 0.25) is 5.91 Å². The van der Waals surface area contributed by atoms with E-state index in [9.17, 15) is 9.59 Å². The highest BCUT2D eigenvalue weighted by Gasteiger charge is 2.30. The van der Waals surface area contributed by atoms with Crippen LogP contribution >= 0.6 is 11.8 Å². The molecule has 1 atom stereocenters. The predicted octanol–water partition coefficient (Wildman–Crippen LogP) is 3.41. The molecule has 3 rings (SSSR count). The van der Waals surface area contributed by atoms with Crippen molar-refractivity contribution in [2.24, 2.45) is 0 Å². The van der Waals surface area contributed by atoms with Crippen molar-refractivity contribution in [2.75, 3.05) is 0 Å². The van der Waals surface area contributed by atoms with Crippen molar-refractivity contribution >= 4 is 23.5 Å². The summed E-state index contributed by atoms with van der Waals surface area (Å²) < 4.78 is 0. The van der Waals surface area contributed by atoms with Crippen LogP contribution in [0.3, 0.4) is 0 Å². The minimum atomic E-state index is -0.450. The fourth-order valence-corrected chi connectivity index (χ4v) is 3.97. The molecule has 1 fully saturated rings. The van der Waals surface area contributed by atoms with Gasteiger partial charge in [-0.15, -0.1) is 0 Å². The summed E-state index contributed by atoms with van der Waals surface area (Å²) in [6, 6.07) is 9.88. The summed E-state index contributed by atoms with van der Waals surface area (Å²) in [6.07, 6.45) is 2.06. The zero-order valence-corrected chi connectivity index (χ0v) is 15.4. The van der Waals surface area contributed by atoms with Crippen molar-refractivity contribution in [1.82, 2.24) is 15.3 Å². The molecule has 1 aromatic heterocycles. The molecule has 5 nitrogen and oxygen atoms in total. The molecule has 1 aliphatic rings. The summed E-state index contributed by atoms with van der Waals surface area (Å²) >= 11 is 1.32. The molecule has 0 saturated heterocycles. The second-order valence-corrected chi connectivity index (χ2v) is 7.38. The van der Waals surface area contributed by atoms with Crippen molar-refractivity contribution in [2.45, 2.75) is 49.9 Å². The molecule has 1 heterocycles. The Hall–Kier alpha value is -2.21. The lowest BCUT2D eigenvalue weighted by molar-refractivity contribution is -0.120. The SMILES string of the molecule is CC(=O)c1c(C)nc(C)nc1SC(C(=O)NC1CC1)c1ccccc1. The number of hydrogen-bond acceptors (Lipinski definition) is 5. The minimum Gasteiger partial charge on any atom is -0.352 e. The first-order valence-corrected chi connectivity index (χ1v) is 9.22. The summed E-state index contributed by atoms with van der Waals surface area (Å²) in [6.45, 7) is 5.10. The first-order valence-electron chi connectivity index (χ1n) is 8.34. The molecule has 1 unspecified atom stereocenters. The molecule has 0 bridgehead atoms. The van der Waals surface area contributed by atoms with Crippen molar-refractivity contribution in [3.63, 3.8) is 0 Å². The fraction of sp³-hybridized carbons (Fsp3) is 0.368. The molecular formula is C19H21N3O2S. The number of carbonyl (C=O) groups excluding carboxylic acids is 2. The Bertz CT molecular complexity index is 804. The van der Waals surface area contributed by atoms with E-state index in [4.69, 9.17) is 0 Å². The molecule has 130 valence electrons. The number of aromatic nitrogens is 2. The Morgan fingerprint density at radius 2 is 1.84 bits per heavy atom. The molecule has 0 radical (unpaired) electrons. The number of aryl methyl sites for hydroxylation is 2. The third kappa shape index (κ3) is 4.25. The molecule has 6 heteroatoms. The van der Waals surface area contributed by atoms with E-state index in [0.717, 1.165) is 18.4 Å². The number of thioether (sulfide) groups is 1. The average molecular weight is 355 g/mol. The quantitative estimate of drug-likeness (QED) is 0.488. The molecule has 0 spiro atoms. The summed E-state index contributed by atoms with van der Waals surface area (Å²) in [5.41, 5.74) is 2.04. The third-order valence-corrected chi connectivity index (χ3v) is 5.25. The lowest BCUT2D eigenvalue weighted by atomic mass is 10.1. The van der Waals surface area contributed by atoms with Crippen LogP contribution in [0.4, 0.5) is 0 Å². The van der Waals surface area contributed by atoms with Gasteiger partial charge in [-0.25, -0.2) is 9.97 Å². The molecule has 1 aromatic carbocycles. The van der Waals surface area contributed by atoms with E-state index in [2.05, 4.69) is 15.3 Å². The molecule has 2 aromatic rings. The highest BCUT2D eigenvalue weighted by Crippen LogP contribution is 2.37. The molecule has 1 aliphatic carbocycles. The van der Waals surface area contributed by atoms with Crippen LogP contribution in [-0.2, 0) is 4.79 Å². The molecule has 25 heavy (non-hydrogen) atoms. The van der Waals surface area contributed by atoms with Crippen molar-refractivity contribution < 1.29 is 9.59 Å². The van der Waals surface area contributed by atoms with Gasteiger partial charge >= 0.3 is 0 Å². The topological polar surface area (TPSA) is 72.0 Å². The number of amides is 1. The van der Waals surface area contributed by atoms with E-state index >= 15 is 0 Å². The van der Waals surface area contributed by atoms with Crippen molar-refractivity contribution in [3.8, 4) is 0 Å². The smallest absolute Gasteiger partial charge is 0.238 e. The highest BCUT2D eigenvalue weighted by molar-refractivity contribution is 8.00. The number of benzene rings is 1. The predicted molar refractivity (Wildman–Crippen MR) is 97.7 cm³/mol. The van der Waals surface area contributed by atoms with Gasteiger partial charge in [0.25, 0.3) is 0 Å². The Balaban J connectivity index is 1.97. The van der Waals surface area contributed by atoms with Gasteiger partial charge in [-0.1, -0.05) is 42.1 Å². The Morgan fingerprint density at radius 1 is 1.16 bits per heavy atom. The van der Waals surface area contributed by atoms with Crippen LogP contribution in [0.1, 0.15) is 52.5 Å². The lowest BCUT2D eigenvalue weighted by Crippen LogP contribution is -2.30. The summed E-state index contributed by atoms with van der Waals surface area (Å²) in [4.78, 5) is 33.6. The van der Waals surface area contributed by atoms with Crippen molar-refractivity contribution in [3.05, 3.63) is 53.0 Å². The fourth-order valence-electron chi connectivity index (χ4n) is 2.69. The monoisotopic (exact) mass is 355 g/mol. The molecular weight excluding hydrogens is 334 g/mol. The van der Waals surface area contributed by atoms with Gasteiger partial charge in [-0.05, 0) is 39.2 Å². The highest BCUT2D eigenvalue weighted by atomic mass is 32.2. The number of Topliss-reactive ketones (excluding diaryl/α,β-unsaturated/α-hetero) is 1. The molecule has 1 N–H and O–H groups in total. The van der Waals surface area contributed by atoms with Gasteiger partial charge in [-0.3, -0.25) is 9.59 Å². The lowest BCUT2D eigenvalue weighted by Gasteiger charge is -2.18. The number of carbonyl (C=O) groups is 2. The minimum absolute atomic E-state index is 0.0397. The first kappa shape index (κ1) is 17.6. The maximum Gasteiger partial charge on any atom is 0.238 e. The number of nitrogens with one attached hydrogen (secondary N) is 1. The van der Waals surface area contributed by atoms with E-state index in [1.807, 2.05) is 30.3 Å². The van der Waals surface area contributed by atoms with Gasteiger partial charge < -0.3 is 5.32 Å². The van der Waals surface area contributed by atoms with Crippen LogP contribution in [0.5, 0.6) is 0 Å². The van der Waals surface area contributed by atoms with Crippen LogP contribution in [0, 0.1) is 13.8 Å². The number of hydrogen-bond donors (Lipinski definition) is 1. The maximum absolute atomic E-state index is 12.8. The van der Waals surface area contributed by atoms with Crippen LogP contribution in [0.25, 0.3) is 0 Å². The Morgan fingerprint density at radius 3 is 2.44 bits per heavy atom. The van der Waals surface area contributed by atoms with E-state index < -0.39 is 5.25 Å². The van der Waals surface area contributed by atoms with Gasteiger partial charge in [0, 0.05) is 6.04 Å². The number of rotatable bonds is 6. The van der Waals surface area contributed by atoms with Crippen molar-refractivity contribution in [1.29, 1.82) is 0 Å². The molecule has 1 amide bonds. The normalized spacial score (nSPS) is 14.8. The standard InChI is InChI=1S/C19H21N3O2S/c1-11-16(12(2)23)19(21-13(3)20-11)25-17(14-7-5-4-6-8-14)18(24)22-15-9-10-15/h4-8,15,17H,9-10H2,1-3H3,(H,22,24). The van der Waals surface area contributed by atoms with Crippen LogP contribution in [0.15, 0.2) is 35.4 Å². The second kappa shape index (κ2) is 7.35. The van der Waals surface area contributed by atoms with Crippen LogP contribution in [0.2, 0.25) is 0 Å². The summed E-state index contributed by atoms with van der Waals surface area (Å²) in [5.74, 6) is 0.468. The summed E-state index contributed by atoms with van der Waals surface area (Å²) in [7, 11) is 0.